The molecule has 2 aromatic rings. The second-order valence-electron chi connectivity index (χ2n) is 5.38. The number of alkyl halides is 1. The summed E-state index contributed by atoms with van der Waals surface area (Å²) in [6, 6.07) is 6.34. The van der Waals surface area contributed by atoms with Crippen LogP contribution in [-0.4, -0.2) is 41.4 Å². The van der Waals surface area contributed by atoms with Crippen LogP contribution in [0.4, 0.5) is 0 Å². The van der Waals surface area contributed by atoms with Crippen molar-refractivity contribution in [2.75, 3.05) is 26.2 Å². The molecule has 0 saturated carbocycles. The third-order valence-electron chi connectivity index (χ3n) is 4.05. The van der Waals surface area contributed by atoms with Crippen LogP contribution in [0.1, 0.15) is 12.2 Å². The molecule has 1 atom stereocenters. The van der Waals surface area contributed by atoms with Gasteiger partial charge in [0.25, 0.3) is 0 Å². The Hall–Kier alpha value is -0.370. The lowest BCUT2D eigenvalue weighted by atomic mass is 10.0. The molecule has 3 rings (SSSR count). The van der Waals surface area contributed by atoms with Gasteiger partial charge in [0, 0.05) is 36.0 Å². The molecule has 1 aromatic heterocycles. The van der Waals surface area contributed by atoms with Gasteiger partial charge in [-0.15, -0.1) is 11.6 Å². The van der Waals surface area contributed by atoms with Crippen molar-refractivity contribution in [3.05, 3.63) is 27.6 Å². The molecular formula is C15H18ClIN2O2. The lowest BCUT2D eigenvalue weighted by Gasteiger charge is -2.27. The summed E-state index contributed by atoms with van der Waals surface area (Å²) in [5, 5.41) is 0. The van der Waals surface area contributed by atoms with Crippen LogP contribution in [0, 0.1) is 3.57 Å². The molecule has 1 aliphatic rings. The molecule has 1 unspecified atom stereocenters. The predicted molar refractivity (Wildman–Crippen MR) is 92.1 cm³/mol. The maximum absolute atomic E-state index is 5.94. The van der Waals surface area contributed by atoms with Crippen LogP contribution in [0.25, 0.3) is 11.0 Å². The molecule has 4 nitrogen and oxygen atoms in total. The Balaban J connectivity index is 2.04. The van der Waals surface area contributed by atoms with E-state index >= 15 is 0 Å². The fourth-order valence-corrected chi connectivity index (χ4v) is 3.48. The number of aryl methyl sites for hydroxylation is 1. The summed E-state index contributed by atoms with van der Waals surface area (Å²) in [7, 11) is 1.76. The van der Waals surface area contributed by atoms with Crippen LogP contribution in [0.5, 0.6) is 0 Å². The summed E-state index contributed by atoms with van der Waals surface area (Å²) in [6.45, 7) is 2.14. The van der Waals surface area contributed by atoms with Crippen molar-refractivity contribution >= 4 is 45.2 Å². The zero-order valence-electron chi connectivity index (χ0n) is 11.9. The smallest absolute Gasteiger partial charge is 0.111 e. The van der Waals surface area contributed by atoms with E-state index in [0.29, 0.717) is 12.5 Å². The summed E-state index contributed by atoms with van der Waals surface area (Å²) in [5.74, 6) is 1.59. The van der Waals surface area contributed by atoms with Gasteiger partial charge in [0.1, 0.15) is 11.4 Å². The minimum Gasteiger partial charge on any atom is -0.378 e. The topological polar surface area (TPSA) is 36.3 Å². The summed E-state index contributed by atoms with van der Waals surface area (Å²) in [4.78, 5) is 4.75. The van der Waals surface area contributed by atoms with Crippen molar-refractivity contribution in [3.8, 4) is 0 Å². The number of nitrogens with zero attached hydrogens (tertiary/aromatic N) is 2. The van der Waals surface area contributed by atoms with Gasteiger partial charge in [-0.05, 0) is 40.8 Å². The average molecular weight is 421 g/mol. The van der Waals surface area contributed by atoms with Gasteiger partial charge < -0.3 is 14.0 Å². The standard InChI is InChI=1S/C15H18ClIN2O2/c1-20-15(5-7-21-10-15)9-19-13-3-2-11(17)8-12(13)18-14(19)4-6-16/h2-3,8H,4-7,9-10H2,1H3. The highest BCUT2D eigenvalue weighted by Gasteiger charge is 2.36. The fraction of sp³-hybridized carbons (Fsp3) is 0.533. The van der Waals surface area contributed by atoms with Crippen LogP contribution in [-0.2, 0) is 22.4 Å². The molecule has 1 saturated heterocycles. The number of halogens is 2. The zero-order chi connectivity index (χ0) is 14.9. The van der Waals surface area contributed by atoms with E-state index in [9.17, 15) is 0 Å². The van der Waals surface area contributed by atoms with Gasteiger partial charge in [-0.3, -0.25) is 0 Å². The Labute approximate surface area is 142 Å². The number of imidazole rings is 1. The highest BCUT2D eigenvalue weighted by atomic mass is 127. The van der Waals surface area contributed by atoms with E-state index in [1.165, 1.54) is 3.57 Å². The number of methoxy groups -OCH3 is 1. The van der Waals surface area contributed by atoms with Crippen LogP contribution in [0.3, 0.4) is 0 Å². The van der Waals surface area contributed by atoms with E-state index in [1.807, 2.05) is 0 Å². The third-order valence-corrected chi connectivity index (χ3v) is 4.91. The van der Waals surface area contributed by atoms with Gasteiger partial charge in [-0.1, -0.05) is 0 Å². The molecule has 0 amide bonds. The van der Waals surface area contributed by atoms with Crippen LogP contribution < -0.4 is 0 Å². The lowest BCUT2D eigenvalue weighted by Crippen LogP contribution is -2.37. The molecule has 0 spiro atoms. The molecule has 1 fully saturated rings. The van der Waals surface area contributed by atoms with E-state index in [-0.39, 0.29) is 5.60 Å². The summed E-state index contributed by atoms with van der Waals surface area (Å²) < 4.78 is 14.7. The number of fused-ring (bicyclic) bond motifs is 1. The van der Waals surface area contributed by atoms with Gasteiger partial charge in [-0.2, -0.15) is 0 Å². The van der Waals surface area contributed by atoms with Gasteiger partial charge in [0.2, 0.25) is 0 Å². The second kappa shape index (κ2) is 6.40. The van der Waals surface area contributed by atoms with Crippen molar-refractivity contribution in [1.29, 1.82) is 0 Å². The van der Waals surface area contributed by atoms with Crippen LogP contribution in [0.15, 0.2) is 18.2 Å². The third kappa shape index (κ3) is 3.06. The first-order chi connectivity index (χ1) is 10.2. The highest BCUT2D eigenvalue weighted by Crippen LogP contribution is 2.28. The first kappa shape index (κ1) is 15.5. The normalized spacial score (nSPS) is 22.2. The number of rotatable bonds is 5. The highest BCUT2D eigenvalue weighted by molar-refractivity contribution is 14.1. The lowest BCUT2D eigenvalue weighted by molar-refractivity contribution is -0.0292. The number of hydrogen-bond acceptors (Lipinski definition) is 3. The van der Waals surface area contributed by atoms with Gasteiger partial charge >= 0.3 is 0 Å². The largest absolute Gasteiger partial charge is 0.378 e. The molecule has 1 aliphatic heterocycles. The molecular weight excluding hydrogens is 403 g/mol. The SMILES string of the molecule is COC1(Cn2c(CCCl)nc3cc(I)ccc32)CCOC1. The van der Waals surface area contributed by atoms with E-state index < -0.39 is 0 Å². The van der Waals surface area contributed by atoms with Crippen molar-refractivity contribution < 1.29 is 9.47 Å². The average Bonchev–Trinajstić information content (AvgIpc) is 3.06. The van der Waals surface area contributed by atoms with Crippen molar-refractivity contribution in [2.45, 2.75) is 25.0 Å². The summed E-state index contributed by atoms with van der Waals surface area (Å²) >= 11 is 8.25. The Morgan fingerprint density at radius 3 is 3.05 bits per heavy atom. The Kier molecular flexibility index (Phi) is 4.73. The summed E-state index contributed by atoms with van der Waals surface area (Å²) in [6.07, 6.45) is 1.67. The quantitative estimate of drug-likeness (QED) is 0.550. The van der Waals surface area contributed by atoms with Gasteiger partial charge in [-0.25, -0.2) is 4.98 Å². The number of hydrogen-bond donors (Lipinski definition) is 0. The van der Waals surface area contributed by atoms with Gasteiger partial charge in [0.15, 0.2) is 0 Å². The van der Waals surface area contributed by atoms with Crippen molar-refractivity contribution in [1.82, 2.24) is 9.55 Å². The molecule has 0 bridgehead atoms. The van der Waals surface area contributed by atoms with E-state index in [1.54, 1.807) is 7.11 Å². The minimum atomic E-state index is -0.252. The number of benzene rings is 1. The first-order valence-electron chi connectivity index (χ1n) is 7.01. The number of aromatic nitrogens is 2. The van der Waals surface area contributed by atoms with Crippen molar-refractivity contribution in [2.24, 2.45) is 0 Å². The Morgan fingerprint density at radius 1 is 1.52 bits per heavy atom. The number of ether oxygens (including phenoxy) is 2. The molecule has 2 heterocycles. The van der Waals surface area contributed by atoms with E-state index in [4.69, 9.17) is 26.1 Å². The molecule has 21 heavy (non-hydrogen) atoms. The first-order valence-corrected chi connectivity index (χ1v) is 8.62. The fourth-order valence-electron chi connectivity index (χ4n) is 2.83. The molecule has 0 aliphatic carbocycles. The predicted octanol–water partition coefficient (Wildman–Crippen LogP) is 3.23. The Morgan fingerprint density at radius 2 is 2.38 bits per heavy atom. The van der Waals surface area contributed by atoms with Crippen LogP contribution in [0.2, 0.25) is 0 Å². The van der Waals surface area contributed by atoms with Crippen LogP contribution >= 0.6 is 34.2 Å². The zero-order valence-corrected chi connectivity index (χ0v) is 14.9. The summed E-state index contributed by atoms with van der Waals surface area (Å²) in [5.41, 5.74) is 1.91. The molecule has 6 heteroatoms. The van der Waals surface area contributed by atoms with Crippen molar-refractivity contribution in [3.63, 3.8) is 0 Å². The molecule has 1 aromatic carbocycles. The maximum atomic E-state index is 5.94. The molecule has 0 radical (unpaired) electrons. The second-order valence-corrected chi connectivity index (χ2v) is 7.00. The van der Waals surface area contributed by atoms with E-state index in [2.05, 4.69) is 45.4 Å². The molecule has 114 valence electrons. The van der Waals surface area contributed by atoms with Gasteiger partial charge in [0.05, 0.1) is 24.2 Å². The molecule has 0 N–H and O–H groups in total. The Bertz CT molecular complexity index is 638. The minimum absolute atomic E-state index is 0.252. The maximum Gasteiger partial charge on any atom is 0.111 e. The monoisotopic (exact) mass is 420 g/mol. The van der Waals surface area contributed by atoms with E-state index in [0.717, 1.165) is 42.9 Å².